The highest BCUT2D eigenvalue weighted by atomic mass is 35.5. The largest absolute Gasteiger partial charge is 0.412 e. The quantitative estimate of drug-likeness (QED) is 0.494. The Labute approximate surface area is 148 Å². The minimum absolute atomic E-state index is 0.250. The van der Waals surface area contributed by atoms with Crippen LogP contribution < -0.4 is 5.32 Å². The molecule has 1 aliphatic rings. The molecule has 0 saturated heterocycles. The average Bonchev–Trinajstić information content (AvgIpc) is 2.63. The van der Waals surface area contributed by atoms with Gasteiger partial charge in [-0.25, -0.2) is 0 Å². The average molecular weight is 354 g/mol. The zero-order valence-electron chi connectivity index (χ0n) is 15.3. The summed E-state index contributed by atoms with van der Waals surface area (Å²) in [5.41, 5.74) is 1.10. The highest BCUT2D eigenvalue weighted by Crippen LogP contribution is 2.39. The summed E-state index contributed by atoms with van der Waals surface area (Å²) in [6.45, 7) is 11.7. The van der Waals surface area contributed by atoms with Crippen LogP contribution in [0.5, 0.6) is 0 Å². The molecule has 1 aromatic rings. The van der Waals surface area contributed by atoms with Gasteiger partial charge in [0.15, 0.2) is 8.32 Å². The second-order valence-corrected chi connectivity index (χ2v) is 13.5. The topological polar surface area (TPSA) is 21.3 Å². The fourth-order valence-corrected chi connectivity index (χ4v) is 4.51. The van der Waals surface area contributed by atoms with E-state index in [4.69, 9.17) is 16.0 Å². The number of anilines is 1. The van der Waals surface area contributed by atoms with E-state index in [1.807, 2.05) is 18.2 Å². The van der Waals surface area contributed by atoms with Crippen LogP contribution >= 0.6 is 11.6 Å². The third-order valence-electron chi connectivity index (χ3n) is 5.38. The van der Waals surface area contributed by atoms with Crippen molar-refractivity contribution in [3.63, 3.8) is 0 Å². The zero-order valence-corrected chi connectivity index (χ0v) is 17.0. The van der Waals surface area contributed by atoms with Crippen molar-refractivity contribution in [3.8, 4) is 0 Å². The van der Waals surface area contributed by atoms with Crippen LogP contribution in [0.3, 0.4) is 0 Å². The second kappa shape index (κ2) is 7.58. The number of hydrogen-bond acceptors (Lipinski definition) is 2. The number of halogens is 1. The Morgan fingerprint density at radius 1 is 1.13 bits per heavy atom. The van der Waals surface area contributed by atoms with Crippen molar-refractivity contribution in [3.05, 3.63) is 29.3 Å². The molecule has 2 rings (SSSR count). The van der Waals surface area contributed by atoms with Crippen LogP contribution in [0.2, 0.25) is 23.2 Å². The SMILES string of the molecule is CC(C)(C)[Si](C)(C)O[C@@H]1CCCCC[C@H]1Nc1cccc(Cl)c1. The molecule has 130 valence electrons. The first-order valence-electron chi connectivity index (χ1n) is 8.89. The van der Waals surface area contributed by atoms with Gasteiger partial charge in [-0.1, -0.05) is 57.7 Å². The van der Waals surface area contributed by atoms with E-state index in [-0.39, 0.29) is 5.04 Å². The van der Waals surface area contributed by atoms with Crippen molar-refractivity contribution in [2.45, 2.75) is 83.2 Å². The van der Waals surface area contributed by atoms with Crippen LogP contribution in [-0.2, 0) is 4.43 Å². The summed E-state index contributed by atoms with van der Waals surface area (Å²) in [6.07, 6.45) is 6.49. The molecule has 0 bridgehead atoms. The zero-order chi connectivity index (χ0) is 17.1. The summed E-state index contributed by atoms with van der Waals surface area (Å²) in [5, 5.41) is 4.73. The highest BCUT2D eigenvalue weighted by molar-refractivity contribution is 6.74. The smallest absolute Gasteiger partial charge is 0.192 e. The Bertz CT molecular complexity index is 512. The normalized spacial score (nSPS) is 23.4. The summed E-state index contributed by atoms with van der Waals surface area (Å²) in [6, 6.07) is 8.41. The predicted octanol–water partition coefficient (Wildman–Crippen LogP) is 6.48. The maximum atomic E-state index is 6.78. The van der Waals surface area contributed by atoms with Gasteiger partial charge in [-0.3, -0.25) is 0 Å². The van der Waals surface area contributed by atoms with Crippen LogP contribution in [0.1, 0.15) is 52.9 Å². The Kier molecular flexibility index (Phi) is 6.20. The molecule has 1 N–H and O–H groups in total. The summed E-state index contributed by atoms with van der Waals surface area (Å²) < 4.78 is 6.78. The summed E-state index contributed by atoms with van der Waals surface area (Å²) in [5.74, 6) is 0. The van der Waals surface area contributed by atoms with Gasteiger partial charge in [-0.15, -0.1) is 0 Å². The van der Waals surface area contributed by atoms with E-state index in [1.54, 1.807) is 0 Å². The Hall–Kier alpha value is -0.513. The van der Waals surface area contributed by atoms with E-state index in [0.29, 0.717) is 12.1 Å². The minimum atomic E-state index is -1.75. The predicted molar refractivity (Wildman–Crippen MR) is 104 cm³/mol. The van der Waals surface area contributed by atoms with Crippen molar-refractivity contribution in [2.24, 2.45) is 0 Å². The summed E-state index contributed by atoms with van der Waals surface area (Å²) >= 11 is 6.13. The van der Waals surface area contributed by atoms with Gasteiger partial charge in [0.2, 0.25) is 0 Å². The molecule has 4 heteroatoms. The Morgan fingerprint density at radius 2 is 1.83 bits per heavy atom. The van der Waals surface area contributed by atoms with E-state index in [1.165, 1.54) is 25.7 Å². The van der Waals surface area contributed by atoms with Gasteiger partial charge in [-0.2, -0.15) is 0 Å². The molecule has 0 radical (unpaired) electrons. The molecule has 1 fully saturated rings. The van der Waals surface area contributed by atoms with Crippen LogP contribution in [-0.4, -0.2) is 20.5 Å². The molecule has 0 amide bonds. The van der Waals surface area contributed by atoms with Gasteiger partial charge in [0, 0.05) is 10.7 Å². The maximum Gasteiger partial charge on any atom is 0.192 e. The van der Waals surface area contributed by atoms with Crippen molar-refractivity contribution < 1.29 is 4.43 Å². The lowest BCUT2D eigenvalue weighted by molar-refractivity contribution is 0.151. The molecule has 0 unspecified atom stereocenters. The van der Waals surface area contributed by atoms with Crippen LogP contribution in [0.25, 0.3) is 0 Å². The van der Waals surface area contributed by atoms with Gasteiger partial charge >= 0.3 is 0 Å². The van der Waals surface area contributed by atoms with E-state index < -0.39 is 8.32 Å². The van der Waals surface area contributed by atoms with Gasteiger partial charge in [0.25, 0.3) is 0 Å². The number of hydrogen-bond donors (Lipinski definition) is 1. The van der Waals surface area contributed by atoms with Crippen molar-refractivity contribution in [1.29, 1.82) is 0 Å². The molecule has 1 aliphatic carbocycles. The number of benzene rings is 1. The molecule has 0 aliphatic heterocycles. The second-order valence-electron chi connectivity index (χ2n) is 8.32. The Morgan fingerprint density at radius 3 is 2.48 bits per heavy atom. The monoisotopic (exact) mass is 353 g/mol. The number of rotatable bonds is 4. The Balaban J connectivity index is 2.13. The third-order valence-corrected chi connectivity index (χ3v) is 10.1. The first-order valence-corrected chi connectivity index (χ1v) is 12.2. The van der Waals surface area contributed by atoms with E-state index in [9.17, 15) is 0 Å². The van der Waals surface area contributed by atoms with Crippen LogP contribution in [0, 0.1) is 0 Å². The lowest BCUT2D eigenvalue weighted by Crippen LogP contribution is -2.48. The lowest BCUT2D eigenvalue weighted by Gasteiger charge is -2.41. The molecular weight excluding hydrogens is 322 g/mol. The molecule has 0 heterocycles. The van der Waals surface area contributed by atoms with Gasteiger partial charge in [-0.05, 0) is 49.2 Å². The highest BCUT2D eigenvalue weighted by Gasteiger charge is 2.40. The first kappa shape index (κ1) is 18.8. The van der Waals surface area contributed by atoms with Gasteiger partial charge in [0.05, 0.1) is 12.1 Å². The third kappa shape index (κ3) is 5.23. The van der Waals surface area contributed by atoms with E-state index in [0.717, 1.165) is 17.1 Å². The van der Waals surface area contributed by atoms with Crippen molar-refractivity contribution in [1.82, 2.24) is 0 Å². The van der Waals surface area contributed by atoms with Crippen molar-refractivity contribution in [2.75, 3.05) is 5.32 Å². The first-order chi connectivity index (χ1) is 10.7. The number of nitrogens with one attached hydrogen (secondary N) is 1. The van der Waals surface area contributed by atoms with Crippen LogP contribution in [0.4, 0.5) is 5.69 Å². The van der Waals surface area contributed by atoms with Gasteiger partial charge < -0.3 is 9.74 Å². The van der Waals surface area contributed by atoms with E-state index in [2.05, 4.69) is 45.2 Å². The molecular formula is C19H32ClNOSi. The van der Waals surface area contributed by atoms with E-state index >= 15 is 0 Å². The summed E-state index contributed by atoms with van der Waals surface area (Å²) in [7, 11) is -1.75. The fourth-order valence-electron chi connectivity index (χ4n) is 2.93. The molecule has 0 spiro atoms. The maximum absolute atomic E-state index is 6.78. The molecule has 1 aromatic carbocycles. The van der Waals surface area contributed by atoms with Crippen LogP contribution in [0.15, 0.2) is 24.3 Å². The minimum Gasteiger partial charge on any atom is -0.412 e. The standard InChI is InChI=1S/C19H32ClNOSi/c1-19(2,3)23(4,5)22-18-13-8-6-7-12-17(18)21-16-11-9-10-15(20)14-16/h9-11,14,17-18,21H,6-8,12-13H2,1-5H3/t17-,18-/m1/s1. The summed E-state index contributed by atoms with van der Waals surface area (Å²) in [4.78, 5) is 0. The molecule has 1 saturated carbocycles. The molecule has 0 aromatic heterocycles. The molecule has 23 heavy (non-hydrogen) atoms. The van der Waals surface area contributed by atoms with Crippen molar-refractivity contribution >= 4 is 25.6 Å². The molecule has 2 nitrogen and oxygen atoms in total. The van der Waals surface area contributed by atoms with Gasteiger partial charge in [0.1, 0.15) is 0 Å². The molecule has 2 atom stereocenters. The lowest BCUT2D eigenvalue weighted by atomic mass is 10.1. The fraction of sp³-hybridized carbons (Fsp3) is 0.684.